The largest absolute Gasteiger partial charge is 0.368 e. The molecule has 20 heavy (non-hydrogen) atoms. The quantitative estimate of drug-likeness (QED) is 0.930. The van der Waals surface area contributed by atoms with E-state index in [1.54, 1.807) is 18.6 Å². The standard InChI is InChI=1S/C13H16BrN5O/c1-19-5-4-15-12(19)11-10(3-2-6-20-11)18-13-16-7-9(14)8-17-13/h4-5,7-8,10-11H,2-3,6H2,1H3,(H,16,17,18)/t10-,11-/m0/s1. The number of rotatable bonds is 3. The van der Waals surface area contributed by atoms with E-state index < -0.39 is 0 Å². The zero-order valence-corrected chi connectivity index (χ0v) is 12.7. The fraction of sp³-hybridized carbons (Fsp3) is 0.462. The first-order valence-corrected chi connectivity index (χ1v) is 7.36. The van der Waals surface area contributed by atoms with Crippen molar-refractivity contribution in [2.24, 2.45) is 7.05 Å². The molecule has 0 bridgehead atoms. The SMILES string of the molecule is Cn1ccnc1[C@H]1OCCC[C@@H]1Nc1ncc(Br)cn1. The van der Waals surface area contributed by atoms with Gasteiger partial charge in [0.1, 0.15) is 11.9 Å². The van der Waals surface area contributed by atoms with E-state index in [2.05, 4.69) is 36.2 Å². The van der Waals surface area contributed by atoms with Crippen LogP contribution in [-0.4, -0.2) is 32.2 Å². The Bertz CT molecular complexity index is 570. The molecule has 7 heteroatoms. The third-order valence-corrected chi connectivity index (χ3v) is 3.78. The number of nitrogens with zero attached hydrogens (tertiary/aromatic N) is 4. The number of nitrogens with one attached hydrogen (secondary N) is 1. The van der Waals surface area contributed by atoms with Gasteiger partial charge in [-0.2, -0.15) is 0 Å². The van der Waals surface area contributed by atoms with E-state index in [0.717, 1.165) is 29.7 Å². The molecule has 1 fully saturated rings. The van der Waals surface area contributed by atoms with Gasteiger partial charge in [-0.3, -0.25) is 0 Å². The molecule has 0 aliphatic carbocycles. The summed E-state index contributed by atoms with van der Waals surface area (Å²) in [6.07, 6.45) is 9.15. The highest BCUT2D eigenvalue weighted by atomic mass is 79.9. The third kappa shape index (κ3) is 2.83. The Morgan fingerprint density at radius 2 is 2.15 bits per heavy atom. The highest BCUT2D eigenvalue weighted by molar-refractivity contribution is 9.10. The number of halogens is 1. The molecule has 6 nitrogen and oxygen atoms in total. The van der Waals surface area contributed by atoms with E-state index in [1.807, 2.05) is 17.8 Å². The van der Waals surface area contributed by atoms with E-state index in [0.29, 0.717) is 5.95 Å². The zero-order chi connectivity index (χ0) is 13.9. The molecule has 0 radical (unpaired) electrons. The van der Waals surface area contributed by atoms with Crippen LogP contribution in [0.15, 0.2) is 29.3 Å². The Balaban J connectivity index is 1.79. The average Bonchev–Trinajstić information content (AvgIpc) is 2.88. The van der Waals surface area contributed by atoms with Gasteiger partial charge in [-0.15, -0.1) is 0 Å². The number of hydrogen-bond acceptors (Lipinski definition) is 5. The summed E-state index contributed by atoms with van der Waals surface area (Å²) in [7, 11) is 1.98. The minimum atomic E-state index is -0.0732. The molecule has 2 atom stereocenters. The molecule has 1 aliphatic rings. The predicted molar refractivity (Wildman–Crippen MR) is 78.3 cm³/mol. The fourth-order valence-electron chi connectivity index (χ4n) is 2.39. The van der Waals surface area contributed by atoms with Crippen molar-refractivity contribution in [2.75, 3.05) is 11.9 Å². The Kier molecular flexibility index (Phi) is 3.98. The topological polar surface area (TPSA) is 64.9 Å². The van der Waals surface area contributed by atoms with Crippen LogP contribution in [-0.2, 0) is 11.8 Å². The maximum absolute atomic E-state index is 5.90. The minimum Gasteiger partial charge on any atom is -0.368 e. The predicted octanol–water partition coefficient (Wildman–Crippen LogP) is 2.30. The first-order chi connectivity index (χ1) is 9.74. The molecule has 1 N–H and O–H groups in total. The normalized spacial score (nSPS) is 22.7. The molecule has 0 amide bonds. The first-order valence-electron chi connectivity index (χ1n) is 6.57. The maximum atomic E-state index is 5.90. The Hall–Kier alpha value is -1.47. The maximum Gasteiger partial charge on any atom is 0.222 e. The lowest BCUT2D eigenvalue weighted by atomic mass is 10.0. The number of anilines is 1. The van der Waals surface area contributed by atoms with Crippen molar-refractivity contribution in [3.63, 3.8) is 0 Å². The van der Waals surface area contributed by atoms with Crippen molar-refractivity contribution in [1.29, 1.82) is 0 Å². The van der Waals surface area contributed by atoms with Gasteiger partial charge in [0.15, 0.2) is 0 Å². The highest BCUT2D eigenvalue weighted by Crippen LogP contribution is 2.29. The Morgan fingerprint density at radius 3 is 2.85 bits per heavy atom. The third-order valence-electron chi connectivity index (χ3n) is 3.37. The summed E-state index contributed by atoms with van der Waals surface area (Å²) < 4.78 is 8.76. The Labute approximate surface area is 125 Å². The van der Waals surface area contributed by atoms with Gasteiger partial charge in [0, 0.05) is 38.4 Å². The molecule has 1 aliphatic heterocycles. The van der Waals surface area contributed by atoms with Crippen molar-refractivity contribution >= 4 is 21.9 Å². The summed E-state index contributed by atoms with van der Waals surface area (Å²) in [6.45, 7) is 0.761. The van der Waals surface area contributed by atoms with Crippen LogP contribution < -0.4 is 5.32 Å². The molecule has 106 valence electrons. The number of hydrogen-bond donors (Lipinski definition) is 1. The first kappa shape index (κ1) is 13.5. The average molecular weight is 338 g/mol. The number of aromatic nitrogens is 4. The van der Waals surface area contributed by atoms with Crippen LogP contribution in [0.25, 0.3) is 0 Å². The van der Waals surface area contributed by atoms with Crippen molar-refractivity contribution < 1.29 is 4.74 Å². The second kappa shape index (κ2) is 5.88. The summed E-state index contributed by atoms with van der Waals surface area (Å²) in [6, 6.07) is 0.131. The van der Waals surface area contributed by atoms with E-state index in [1.165, 1.54) is 0 Å². The van der Waals surface area contributed by atoms with Crippen LogP contribution in [0.4, 0.5) is 5.95 Å². The molecule has 0 saturated carbocycles. The molecule has 2 aromatic rings. The molecule has 1 saturated heterocycles. The van der Waals surface area contributed by atoms with E-state index >= 15 is 0 Å². The van der Waals surface area contributed by atoms with Gasteiger partial charge in [0.25, 0.3) is 0 Å². The molecular weight excluding hydrogens is 322 g/mol. The van der Waals surface area contributed by atoms with Gasteiger partial charge < -0.3 is 14.6 Å². The number of imidazole rings is 1. The lowest BCUT2D eigenvalue weighted by molar-refractivity contribution is -0.00145. The van der Waals surface area contributed by atoms with Gasteiger partial charge in [-0.25, -0.2) is 15.0 Å². The fourth-order valence-corrected chi connectivity index (χ4v) is 2.59. The summed E-state index contributed by atoms with van der Waals surface area (Å²) in [5.74, 6) is 1.54. The minimum absolute atomic E-state index is 0.0732. The summed E-state index contributed by atoms with van der Waals surface area (Å²) in [5.41, 5.74) is 0. The molecular formula is C13H16BrN5O. The van der Waals surface area contributed by atoms with E-state index in [4.69, 9.17) is 4.74 Å². The van der Waals surface area contributed by atoms with Crippen molar-refractivity contribution in [3.8, 4) is 0 Å². The Morgan fingerprint density at radius 1 is 1.35 bits per heavy atom. The second-order valence-electron chi connectivity index (χ2n) is 4.81. The highest BCUT2D eigenvalue weighted by Gasteiger charge is 2.30. The van der Waals surface area contributed by atoms with Crippen LogP contribution in [0.5, 0.6) is 0 Å². The lowest BCUT2D eigenvalue weighted by Crippen LogP contribution is -2.35. The smallest absolute Gasteiger partial charge is 0.222 e. The van der Waals surface area contributed by atoms with E-state index in [9.17, 15) is 0 Å². The summed E-state index contributed by atoms with van der Waals surface area (Å²) >= 11 is 3.33. The molecule has 0 spiro atoms. The monoisotopic (exact) mass is 337 g/mol. The van der Waals surface area contributed by atoms with Gasteiger partial charge >= 0.3 is 0 Å². The lowest BCUT2D eigenvalue weighted by Gasteiger charge is -2.31. The zero-order valence-electron chi connectivity index (χ0n) is 11.2. The van der Waals surface area contributed by atoms with Crippen LogP contribution in [0.2, 0.25) is 0 Å². The summed E-state index contributed by atoms with van der Waals surface area (Å²) in [5, 5.41) is 3.35. The molecule has 0 unspecified atom stereocenters. The van der Waals surface area contributed by atoms with Crippen LogP contribution >= 0.6 is 15.9 Å². The van der Waals surface area contributed by atoms with Crippen molar-refractivity contribution in [3.05, 3.63) is 35.1 Å². The number of ether oxygens (including phenoxy) is 1. The van der Waals surface area contributed by atoms with Gasteiger partial charge in [0.2, 0.25) is 5.95 Å². The number of aryl methyl sites for hydroxylation is 1. The second-order valence-corrected chi connectivity index (χ2v) is 5.72. The van der Waals surface area contributed by atoms with Crippen molar-refractivity contribution in [1.82, 2.24) is 19.5 Å². The molecule has 3 heterocycles. The van der Waals surface area contributed by atoms with Crippen LogP contribution in [0.3, 0.4) is 0 Å². The van der Waals surface area contributed by atoms with Gasteiger partial charge in [0.05, 0.1) is 10.5 Å². The van der Waals surface area contributed by atoms with E-state index in [-0.39, 0.29) is 12.1 Å². The summed E-state index contributed by atoms with van der Waals surface area (Å²) in [4.78, 5) is 12.9. The molecule has 0 aromatic carbocycles. The molecule has 3 rings (SSSR count). The van der Waals surface area contributed by atoms with Crippen LogP contribution in [0, 0.1) is 0 Å². The molecule has 2 aromatic heterocycles. The van der Waals surface area contributed by atoms with Crippen LogP contribution in [0.1, 0.15) is 24.8 Å². The van der Waals surface area contributed by atoms with Gasteiger partial charge in [-0.1, -0.05) is 0 Å². The van der Waals surface area contributed by atoms with Crippen molar-refractivity contribution in [2.45, 2.75) is 25.0 Å². The van der Waals surface area contributed by atoms with Gasteiger partial charge in [-0.05, 0) is 28.8 Å².